The van der Waals surface area contributed by atoms with Crippen molar-refractivity contribution in [2.24, 2.45) is 5.41 Å². The van der Waals surface area contributed by atoms with E-state index in [0.717, 1.165) is 4.90 Å². The summed E-state index contributed by atoms with van der Waals surface area (Å²) in [6.45, 7) is 3.74. The number of carbonyl (C=O) groups excluding carboxylic acids is 1. The normalized spacial score (nSPS) is 11.2. The Labute approximate surface area is 105 Å². The molecule has 0 bridgehead atoms. The number of hydrogen-bond donors (Lipinski definition) is 0. The standard InChI is InChI=1S/C12H15ClO2S/c1-12(2,11(14)15-3)8-16-10-6-4-5-9(13)7-10/h4-7H,8H2,1-3H3. The molecule has 0 heterocycles. The molecule has 0 aliphatic carbocycles. The molecule has 1 aromatic rings. The van der Waals surface area contributed by atoms with Crippen LogP contribution in [0.25, 0.3) is 0 Å². The van der Waals surface area contributed by atoms with E-state index in [9.17, 15) is 4.79 Å². The number of benzene rings is 1. The Morgan fingerprint density at radius 1 is 1.50 bits per heavy atom. The average Bonchev–Trinajstić information content (AvgIpc) is 2.25. The van der Waals surface area contributed by atoms with E-state index < -0.39 is 5.41 Å². The van der Waals surface area contributed by atoms with Crippen LogP contribution in [0.2, 0.25) is 5.02 Å². The van der Waals surface area contributed by atoms with Crippen molar-refractivity contribution in [3.63, 3.8) is 0 Å². The fourth-order valence-electron chi connectivity index (χ4n) is 1.16. The van der Waals surface area contributed by atoms with Gasteiger partial charge in [0.1, 0.15) is 0 Å². The molecule has 0 aromatic heterocycles. The highest BCUT2D eigenvalue weighted by molar-refractivity contribution is 7.99. The van der Waals surface area contributed by atoms with Crippen LogP contribution in [0.1, 0.15) is 13.8 Å². The van der Waals surface area contributed by atoms with Gasteiger partial charge in [0.15, 0.2) is 0 Å². The van der Waals surface area contributed by atoms with Gasteiger partial charge in [0, 0.05) is 15.7 Å². The maximum absolute atomic E-state index is 11.5. The Hall–Kier alpha value is -0.670. The molecule has 0 unspecified atom stereocenters. The molecule has 0 aliphatic heterocycles. The summed E-state index contributed by atoms with van der Waals surface area (Å²) in [6, 6.07) is 7.59. The van der Waals surface area contributed by atoms with Crippen LogP contribution in [0.3, 0.4) is 0 Å². The molecule has 1 rings (SSSR count). The second kappa shape index (κ2) is 5.60. The molecule has 0 amide bonds. The molecule has 88 valence electrons. The highest BCUT2D eigenvalue weighted by Gasteiger charge is 2.28. The molecule has 2 nitrogen and oxygen atoms in total. The number of hydrogen-bond acceptors (Lipinski definition) is 3. The number of esters is 1. The van der Waals surface area contributed by atoms with Gasteiger partial charge < -0.3 is 4.74 Å². The Bertz CT molecular complexity index is 377. The van der Waals surface area contributed by atoms with E-state index in [0.29, 0.717) is 10.8 Å². The van der Waals surface area contributed by atoms with E-state index in [-0.39, 0.29) is 5.97 Å². The van der Waals surface area contributed by atoms with Crippen molar-refractivity contribution in [3.05, 3.63) is 29.3 Å². The molecular formula is C12H15ClO2S. The van der Waals surface area contributed by atoms with Crippen LogP contribution >= 0.6 is 23.4 Å². The molecule has 16 heavy (non-hydrogen) atoms. The summed E-state index contributed by atoms with van der Waals surface area (Å²) in [5, 5.41) is 0.709. The topological polar surface area (TPSA) is 26.3 Å². The first kappa shape index (κ1) is 13.4. The van der Waals surface area contributed by atoms with Crippen molar-refractivity contribution in [1.29, 1.82) is 0 Å². The Morgan fingerprint density at radius 3 is 2.75 bits per heavy atom. The Balaban J connectivity index is 2.61. The van der Waals surface area contributed by atoms with Crippen LogP contribution in [0, 0.1) is 5.41 Å². The average molecular weight is 259 g/mol. The van der Waals surface area contributed by atoms with Crippen LogP contribution in [0.5, 0.6) is 0 Å². The molecular weight excluding hydrogens is 244 g/mol. The van der Waals surface area contributed by atoms with Gasteiger partial charge in [0.2, 0.25) is 0 Å². The highest BCUT2D eigenvalue weighted by Crippen LogP contribution is 2.29. The molecule has 0 fully saturated rings. The Morgan fingerprint density at radius 2 is 2.19 bits per heavy atom. The largest absolute Gasteiger partial charge is 0.469 e. The quantitative estimate of drug-likeness (QED) is 0.609. The van der Waals surface area contributed by atoms with Crippen molar-refractivity contribution in [2.75, 3.05) is 12.9 Å². The molecule has 0 aliphatic rings. The maximum Gasteiger partial charge on any atom is 0.312 e. The van der Waals surface area contributed by atoms with Crippen molar-refractivity contribution >= 4 is 29.3 Å². The molecule has 0 N–H and O–H groups in total. The van der Waals surface area contributed by atoms with Crippen LogP contribution in [-0.4, -0.2) is 18.8 Å². The van der Waals surface area contributed by atoms with Gasteiger partial charge in [0.05, 0.1) is 12.5 Å². The van der Waals surface area contributed by atoms with Crippen LogP contribution in [0.4, 0.5) is 0 Å². The van der Waals surface area contributed by atoms with Crippen LogP contribution in [0.15, 0.2) is 29.2 Å². The first-order chi connectivity index (χ1) is 7.45. The summed E-state index contributed by atoms with van der Waals surface area (Å²) < 4.78 is 4.75. The third kappa shape index (κ3) is 3.72. The first-order valence-corrected chi connectivity index (χ1v) is 6.29. The predicted molar refractivity (Wildman–Crippen MR) is 68.0 cm³/mol. The molecule has 0 saturated carbocycles. The van der Waals surface area contributed by atoms with Crippen molar-refractivity contribution in [1.82, 2.24) is 0 Å². The minimum atomic E-state index is -0.484. The highest BCUT2D eigenvalue weighted by atomic mass is 35.5. The van der Waals surface area contributed by atoms with Gasteiger partial charge in [-0.3, -0.25) is 4.79 Å². The lowest BCUT2D eigenvalue weighted by molar-refractivity contribution is -0.149. The molecule has 4 heteroatoms. The zero-order chi connectivity index (χ0) is 12.2. The van der Waals surface area contributed by atoms with Crippen molar-refractivity contribution in [3.8, 4) is 0 Å². The Kier molecular flexibility index (Phi) is 4.69. The minimum Gasteiger partial charge on any atom is -0.469 e. The van der Waals surface area contributed by atoms with E-state index in [1.165, 1.54) is 7.11 Å². The van der Waals surface area contributed by atoms with E-state index >= 15 is 0 Å². The molecule has 0 radical (unpaired) electrons. The van der Waals surface area contributed by atoms with Gasteiger partial charge in [0.25, 0.3) is 0 Å². The van der Waals surface area contributed by atoms with Gasteiger partial charge in [-0.15, -0.1) is 11.8 Å². The summed E-state index contributed by atoms with van der Waals surface area (Å²) in [7, 11) is 1.41. The lowest BCUT2D eigenvalue weighted by Crippen LogP contribution is -2.28. The van der Waals surface area contributed by atoms with Crippen molar-refractivity contribution in [2.45, 2.75) is 18.7 Å². The number of rotatable bonds is 4. The van der Waals surface area contributed by atoms with E-state index in [1.807, 2.05) is 38.1 Å². The third-order valence-corrected chi connectivity index (χ3v) is 3.82. The van der Waals surface area contributed by atoms with E-state index in [4.69, 9.17) is 16.3 Å². The number of carbonyl (C=O) groups is 1. The summed E-state index contributed by atoms with van der Waals surface area (Å²) in [5.74, 6) is 0.474. The fraction of sp³-hybridized carbons (Fsp3) is 0.417. The predicted octanol–water partition coefficient (Wildman–Crippen LogP) is 3.63. The maximum atomic E-state index is 11.5. The minimum absolute atomic E-state index is 0.193. The SMILES string of the molecule is COC(=O)C(C)(C)CSc1cccc(Cl)c1. The van der Waals surface area contributed by atoms with E-state index in [2.05, 4.69) is 0 Å². The molecule has 0 atom stereocenters. The number of methoxy groups -OCH3 is 1. The zero-order valence-corrected chi connectivity index (χ0v) is 11.2. The van der Waals surface area contributed by atoms with Gasteiger partial charge >= 0.3 is 5.97 Å². The van der Waals surface area contributed by atoms with Crippen LogP contribution < -0.4 is 0 Å². The number of halogens is 1. The summed E-state index contributed by atoms with van der Waals surface area (Å²) in [6.07, 6.45) is 0. The lowest BCUT2D eigenvalue weighted by atomic mass is 9.97. The van der Waals surface area contributed by atoms with E-state index in [1.54, 1.807) is 11.8 Å². The molecule has 1 aromatic carbocycles. The summed E-state index contributed by atoms with van der Waals surface area (Å²) >= 11 is 7.48. The fourth-order valence-corrected chi connectivity index (χ4v) is 2.44. The van der Waals surface area contributed by atoms with Gasteiger partial charge in [-0.25, -0.2) is 0 Å². The summed E-state index contributed by atoms with van der Waals surface area (Å²) in [5.41, 5.74) is -0.484. The van der Waals surface area contributed by atoms with Gasteiger partial charge in [-0.2, -0.15) is 0 Å². The first-order valence-electron chi connectivity index (χ1n) is 4.92. The monoisotopic (exact) mass is 258 g/mol. The smallest absolute Gasteiger partial charge is 0.312 e. The lowest BCUT2D eigenvalue weighted by Gasteiger charge is -2.20. The second-order valence-corrected chi connectivity index (χ2v) is 5.61. The third-order valence-electron chi connectivity index (χ3n) is 2.13. The number of ether oxygens (including phenoxy) is 1. The summed E-state index contributed by atoms with van der Waals surface area (Å²) in [4.78, 5) is 12.5. The van der Waals surface area contributed by atoms with Gasteiger partial charge in [-0.05, 0) is 32.0 Å². The zero-order valence-electron chi connectivity index (χ0n) is 9.62. The number of thioether (sulfide) groups is 1. The van der Waals surface area contributed by atoms with Crippen molar-refractivity contribution < 1.29 is 9.53 Å². The molecule has 0 saturated heterocycles. The van der Waals surface area contributed by atoms with Gasteiger partial charge in [-0.1, -0.05) is 17.7 Å². The second-order valence-electron chi connectivity index (χ2n) is 4.12. The molecule has 0 spiro atoms. The van der Waals surface area contributed by atoms with Crippen LogP contribution in [-0.2, 0) is 9.53 Å².